The summed E-state index contributed by atoms with van der Waals surface area (Å²) in [4.78, 5) is 20.8. The van der Waals surface area contributed by atoms with E-state index in [2.05, 4.69) is 0 Å². The molecule has 0 fully saturated rings. The molecule has 1 aromatic carbocycles. The summed E-state index contributed by atoms with van der Waals surface area (Å²) < 4.78 is 5.08. The van der Waals surface area contributed by atoms with Gasteiger partial charge < -0.3 is 25.2 Å². The zero-order valence-electron chi connectivity index (χ0n) is 10.8. The number of carbonyl (C=O) groups excluding carboxylic acids is 1. The third-order valence-corrected chi connectivity index (χ3v) is 2.72. The van der Waals surface area contributed by atoms with Crippen molar-refractivity contribution < 1.29 is 34.9 Å². The van der Waals surface area contributed by atoms with Crippen molar-refractivity contribution in [1.29, 1.82) is 0 Å². The second-order valence-corrected chi connectivity index (χ2v) is 4.20. The average molecular weight is 301 g/mol. The van der Waals surface area contributed by atoms with Crippen molar-refractivity contribution in [3.8, 4) is 5.75 Å². The summed E-state index contributed by atoms with van der Waals surface area (Å²) in [6.45, 7) is -0.804. The molecule has 1 rings (SSSR count). The van der Waals surface area contributed by atoms with E-state index in [0.717, 1.165) is 12.1 Å². The molecule has 0 spiro atoms. The van der Waals surface area contributed by atoms with Gasteiger partial charge in [0, 0.05) is 12.1 Å². The number of rotatable bonds is 8. The van der Waals surface area contributed by atoms with Gasteiger partial charge in [-0.15, -0.1) is 0 Å². The van der Waals surface area contributed by atoms with E-state index in [0.29, 0.717) is 0 Å². The number of benzene rings is 1. The monoisotopic (exact) mass is 301 g/mol. The molecule has 1 aromatic rings. The lowest BCUT2D eigenvalue weighted by atomic mass is 10.0. The molecule has 9 nitrogen and oxygen atoms in total. The van der Waals surface area contributed by atoms with Gasteiger partial charge in [0.25, 0.3) is 5.69 Å². The summed E-state index contributed by atoms with van der Waals surface area (Å²) in [5.74, 6) is 0.0578. The molecule has 0 aliphatic rings. The Bertz CT molecular complexity index is 477. The van der Waals surface area contributed by atoms with Crippen molar-refractivity contribution in [2.24, 2.45) is 0 Å². The van der Waals surface area contributed by atoms with Crippen molar-refractivity contribution in [2.45, 2.75) is 24.4 Å². The van der Waals surface area contributed by atoms with E-state index in [1.165, 1.54) is 12.1 Å². The summed E-state index contributed by atoms with van der Waals surface area (Å²) >= 11 is 0. The normalized spacial score (nSPS) is 16.6. The SMILES string of the molecule is O=C[C@@H](Oc1ccc([N+](=O)[O-])cc1)[C@@H](O)[C@H](O)[C@H](O)CO. The molecule has 4 atom stereocenters. The molecule has 0 amide bonds. The molecule has 0 bridgehead atoms. The van der Waals surface area contributed by atoms with Crippen molar-refractivity contribution in [3.63, 3.8) is 0 Å². The standard InChI is InChI=1S/C12H15NO8/c14-5-9(16)11(17)12(18)10(6-15)21-8-3-1-7(2-4-8)13(19)20/h1-4,6,9-12,14,16-18H,5H2/t9-,10-,11-,12-/m1/s1. The van der Waals surface area contributed by atoms with Gasteiger partial charge in [-0.1, -0.05) is 0 Å². The first-order chi connectivity index (χ1) is 9.90. The minimum Gasteiger partial charge on any atom is -0.480 e. The van der Waals surface area contributed by atoms with E-state index in [1.807, 2.05) is 0 Å². The fourth-order valence-corrected chi connectivity index (χ4v) is 1.51. The highest BCUT2D eigenvalue weighted by Gasteiger charge is 2.32. The summed E-state index contributed by atoms with van der Waals surface area (Å²) in [5, 5.41) is 47.5. The van der Waals surface area contributed by atoms with E-state index >= 15 is 0 Å². The molecule has 0 saturated heterocycles. The number of nitro groups is 1. The van der Waals surface area contributed by atoms with Crippen LogP contribution in [-0.2, 0) is 4.79 Å². The number of hydrogen-bond acceptors (Lipinski definition) is 8. The average Bonchev–Trinajstić information content (AvgIpc) is 2.50. The topological polar surface area (TPSA) is 150 Å². The van der Waals surface area contributed by atoms with Crippen molar-refractivity contribution >= 4 is 12.0 Å². The number of nitro benzene ring substituents is 1. The van der Waals surface area contributed by atoms with Crippen LogP contribution in [0.4, 0.5) is 5.69 Å². The van der Waals surface area contributed by atoms with Gasteiger partial charge in [-0.2, -0.15) is 0 Å². The summed E-state index contributed by atoms with van der Waals surface area (Å²) in [7, 11) is 0. The second kappa shape index (κ2) is 7.64. The molecule has 0 unspecified atom stereocenters. The van der Waals surface area contributed by atoms with Crippen LogP contribution in [0.15, 0.2) is 24.3 Å². The van der Waals surface area contributed by atoms with E-state index < -0.39 is 35.9 Å². The number of aldehydes is 1. The van der Waals surface area contributed by atoms with Gasteiger partial charge in [-0.3, -0.25) is 14.9 Å². The molecule has 116 valence electrons. The third kappa shape index (κ3) is 4.46. The molecular formula is C12H15NO8. The third-order valence-electron chi connectivity index (χ3n) is 2.72. The van der Waals surface area contributed by atoms with Gasteiger partial charge in [0.15, 0.2) is 12.4 Å². The zero-order chi connectivity index (χ0) is 16.0. The number of aliphatic hydroxyl groups excluding tert-OH is 4. The van der Waals surface area contributed by atoms with Gasteiger partial charge in [0.2, 0.25) is 0 Å². The molecule has 0 heterocycles. The maximum atomic E-state index is 10.9. The second-order valence-electron chi connectivity index (χ2n) is 4.20. The quantitative estimate of drug-likeness (QED) is 0.260. The van der Waals surface area contributed by atoms with Crippen LogP contribution >= 0.6 is 0 Å². The Morgan fingerprint density at radius 2 is 1.76 bits per heavy atom. The Morgan fingerprint density at radius 3 is 2.19 bits per heavy atom. The van der Waals surface area contributed by atoms with Crippen LogP contribution in [0.2, 0.25) is 0 Å². The molecule has 0 aliphatic heterocycles. The fourth-order valence-electron chi connectivity index (χ4n) is 1.51. The Hall–Kier alpha value is -2.07. The molecule has 0 radical (unpaired) electrons. The van der Waals surface area contributed by atoms with Crippen LogP contribution in [0, 0.1) is 10.1 Å². The molecule has 4 N–H and O–H groups in total. The smallest absolute Gasteiger partial charge is 0.269 e. The van der Waals surface area contributed by atoms with Crippen LogP contribution < -0.4 is 4.74 Å². The predicted molar refractivity (Wildman–Crippen MR) is 68.7 cm³/mol. The number of carbonyl (C=O) groups is 1. The summed E-state index contributed by atoms with van der Waals surface area (Å²) in [5.41, 5.74) is -0.179. The first-order valence-corrected chi connectivity index (χ1v) is 5.92. The van der Waals surface area contributed by atoms with Crippen LogP contribution in [0.1, 0.15) is 0 Å². The number of nitrogens with zero attached hydrogens (tertiary/aromatic N) is 1. The fraction of sp³-hybridized carbons (Fsp3) is 0.417. The number of non-ortho nitro benzene ring substituents is 1. The van der Waals surface area contributed by atoms with Gasteiger partial charge in [-0.25, -0.2) is 0 Å². The Labute approximate surface area is 119 Å². The van der Waals surface area contributed by atoms with E-state index in [1.54, 1.807) is 0 Å². The predicted octanol–water partition coefficient (Wildman–Crippen LogP) is -1.38. The van der Waals surface area contributed by atoms with Crippen molar-refractivity contribution in [3.05, 3.63) is 34.4 Å². The minimum atomic E-state index is -1.79. The maximum Gasteiger partial charge on any atom is 0.269 e. The molecule has 21 heavy (non-hydrogen) atoms. The molecule has 9 heteroatoms. The lowest BCUT2D eigenvalue weighted by Gasteiger charge is -2.26. The van der Waals surface area contributed by atoms with E-state index in [9.17, 15) is 30.2 Å². The van der Waals surface area contributed by atoms with Crippen LogP contribution in [-0.4, -0.2) is 62.7 Å². The van der Waals surface area contributed by atoms with Gasteiger partial charge in [-0.05, 0) is 12.1 Å². The lowest BCUT2D eigenvalue weighted by Crippen LogP contribution is -2.48. The molecule has 0 saturated carbocycles. The Balaban J connectivity index is 2.77. The summed E-state index contributed by atoms with van der Waals surface area (Å²) in [6.07, 6.45) is -6.51. The Morgan fingerprint density at radius 1 is 1.19 bits per heavy atom. The van der Waals surface area contributed by atoms with E-state index in [4.69, 9.17) is 9.84 Å². The number of aliphatic hydroxyl groups is 4. The highest BCUT2D eigenvalue weighted by atomic mass is 16.6. The van der Waals surface area contributed by atoms with Crippen LogP contribution in [0.5, 0.6) is 5.75 Å². The van der Waals surface area contributed by atoms with Gasteiger partial charge in [0.1, 0.15) is 24.1 Å². The van der Waals surface area contributed by atoms with E-state index in [-0.39, 0.29) is 17.7 Å². The number of hydrogen-bond donors (Lipinski definition) is 4. The Kier molecular flexibility index (Phi) is 6.18. The van der Waals surface area contributed by atoms with Crippen molar-refractivity contribution in [1.82, 2.24) is 0 Å². The summed E-state index contributed by atoms with van der Waals surface area (Å²) in [6, 6.07) is 4.72. The maximum absolute atomic E-state index is 10.9. The van der Waals surface area contributed by atoms with Gasteiger partial charge >= 0.3 is 0 Å². The highest BCUT2D eigenvalue weighted by molar-refractivity contribution is 5.58. The molecular weight excluding hydrogens is 286 g/mol. The zero-order valence-corrected chi connectivity index (χ0v) is 10.8. The lowest BCUT2D eigenvalue weighted by molar-refractivity contribution is -0.384. The number of ether oxygens (including phenoxy) is 1. The highest BCUT2D eigenvalue weighted by Crippen LogP contribution is 2.19. The first kappa shape index (κ1) is 17.0. The minimum absolute atomic E-state index is 0.0578. The van der Waals surface area contributed by atoms with Crippen LogP contribution in [0.25, 0.3) is 0 Å². The molecule has 0 aromatic heterocycles. The van der Waals surface area contributed by atoms with Crippen molar-refractivity contribution in [2.75, 3.05) is 6.61 Å². The van der Waals surface area contributed by atoms with Gasteiger partial charge in [0.05, 0.1) is 11.5 Å². The van der Waals surface area contributed by atoms with Crippen LogP contribution in [0.3, 0.4) is 0 Å². The first-order valence-electron chi connectivity index (χ1n) is 5.92. The largest absolute Gasteiger partial charge is 0.480 e. The molecule has 0 aliphatic carbocycles.